The topological polar surface area (TPSA) is 104 Å². The fourth-order valence-electron chi connectivity index (χ4n) is 2.07. The Morgan fingerprint density at radius 1 is 1.37 bits per heavy atom. The summed E-state index contributed by atoms with van der Waals surface area (Å²) < 4.78 is 31.2. The van der Waals surface area contributed by atoms with Gasteiger partial charge in [0.1, 0.15) is 0 Å². The molecule has 0 bridgehead atoms. The van der Waals surface area contributed by atoms with Gasteiger partial charge in [0, 0.05) is 6.92 Å². The van der Waals surface area contributed by atoms with E-state index in [9.17, 15) is 18.0 Å². The summed E-state index contributed by atoms with van der Waals surface area (Å²) in [6.45, 7) is 0.905. The highest BCUT2D eigenvalue weighted by Crippen LogP contribution is 2.35. The first-order valence-electron chi connectivity index (χ1n) is 5.41. The van der Waals surface area contributed by atoms with Gasteiger partial charge in [-0.15, -0.1) is 0 Å². The summed E-state index contributed by atoms with van der Waals surface area (Å²) in [5.74, 6) is -1.34. The molecule has 0 aromatic heterocycles. The van der Waals surface area contributed by atoms with Crippen LogP contribution < -0.4 is 5.32 Å². The second-order valence-corrected chi connectivity index (χ2v) is 5.58. The normalized spacial score (nSPS) is 22.8. The molecule has 8 heteroatoms. The Balaban J connectivity index is 2.42. The van der Waals surface area contributed by atoms with Gasteiger partial charge in [-0.1, -0.05) is 30.3 Å². The molecule has 1 aromatic carbocycles. The Bertz CT molecular complexity index is 628. The highest BCUT2D eigenvalue weighted by molar-refractivity contribution is 7.84. The third-order valence-electron chi connectivity index (χ3n) is 2.91. The van der Waals surface area contributed by atoms with Gasteiger partial charge in [-0.2, -0.15) is 8.42 Å². The molecule has 19 heavy (non-hydrogen) atoms. The van der Waals surface area contributed by atoms with Crippen LogP contribution in [0.15, 0.2) is 30.3 Å². The molecule has 2 rings (SSSR count). The summed E-state index contributed by atoms with van der Waals surface area (Å²) >= 11 is 0. The van der Waals surface area contributed by atoms with E-state index >= 15 is 0 Å². The summed E-state index contributed by atoms with van der Waals surface area (Å²) in [4.78, 5) is 23.3. The Labute approximate surface area is 110 Å². The molecular formula is C11H12N2O5S. The summed E-state index contributed by atoms with van der Waals surface area (Å²) in [5, 5.41) is 2.46. The van der Waals surface area contributed by atoms with Crippen LogP contribution in [-0.2, 0) is 25.4 Å². The van der Waals surface area contributed by atoms with Crippen molar-refractivity contribution in [3.63, 3.8) is 0 Å². The van der Waals surface area contributed by atoms with Crippen molar-refractivity contribution < 1.29 is 22.6 Å². The smallest absolute Gasteiger partial charge is 0.337 e. The predicted octanol–water partition coefficient (Wildman–Crippen LogP) is -0.337. The molecule has 7 nitrogen and oxygen atoms in total. The lowest BCUT2D eigenvalue weighted by Crippen LogP contribution is -2.72. The zero-order valence-corrected chi connectivity index (χ0v) is 10.8. The van der Waals surface area contributed by atoms with Crippen molar-refractivity contribution in [3.8, 4) is 0 Å². The van der Waals surface area contributed by atoms with Crippen molar-refractivity contribution in [1.29, 1.82) is 0 Å². The van der Waals surface area contributed by atoms with E-state index in [0.29, 0.717) is 9.87 Å². The first-order valence-corrected chi connectivity index (χ1v) is 6.81. The summed E-state index contributed by atoms with van der Waals surface area (Å²) in [7, 11) is -4.60. The van der Waals surface area contributed by atoms with Crippen molar-refractivity contribution >= 4 is 22.1 Å². The summed E-state index contributed by atoms with van der Waals surface area (Å²) in [6, 6.07) is 8.28. The van der Waals surface area contributed by atoms with Gasteiger partial charge in [0.05, 0.1) is 6.54 Å². The van der Waals surface area contributed by atoms with E-state index in [1.54, 1.807) is 30.3 Å². The third-order valence-corrected chi connectivity index (χ3v) is 3.76. The lowest BCUT2D eigenvalue weighted by Gasteiger charge is -2.46. The number of rotatable bonds is 3. The number of hydrogen-bond donors (Lipinski definition) is 2. The maximum atomic E-state index is 12.0. The van der Waals surface area contributed by atoms with Gasteiger partial charge in [-0.05, 0) is 5.56 Å². The zero-order valence-electron chi connectivity index (χ0n) is 10.0. The molecule has 1 aromatic rings. The van der Waals surface area contributed by atoms with Crippen LogP contribution in [0, 0.1) is 0 Å². The molecule has 1 fully saturated rings. The fraction of sp³-hybridized carbons (Fsp3) is 0.273. The number of hydrogen-bond acceptors (Lipinski definition) is 4. The maximum absolute atomic E-state index is 12.0. The van der Waals surface area contributed by atoms with Gasteiger partial charge in [-0.3, -0.25) is 14.1 Å². The van der Waals surface area contributed by atoms with Gasteiger partial charge < -0.3 is 5.32 Å². The first-order chi connectivity index (χ1) is 8.77. The monoisotopic (exact) mass is 284 g/mol. The van der Waals surface area contributed by atoms with Crippen molar-refractivity contribution in [2.75, 3.05) is 6.54 Å². The minimum absolute atomic E-state index is 0.315. The number of carbonyl (C=O) groups is 2. The number of amides is 2. The van der Waals surface area contributed by atoms with Crippen LogP contribution in [0.5, 0.6) is 0 Å². The third kappa shape index (κ3) is 2.20. The molecule has 1 aliphatic rings. The van der Waals surface area contributed by atoms with E-state index in [1.165, 1.54) is 6.92 Å². The molecule has 1 unspecified atom stereocenters. The molecule has 1 heterocycles. The summed E-state index contributed by atoms with van der Waals surface area (Å²) in [5.41, 5.74) is -0.960. The van der Waals surface area contributed by atoms with E-state index in [0.717, 1.165) is 0 Å². The molecule has 0 saturated carbocycles. The molecule has 0 spiro atoms. The molecular weight excluding hydrogens is 272 g/mol. The zero-order chi connectivity index (χ0) is 14.3. The van der Waals surface area contributed by atoms with Crippen LogP contribution >= 0.6 is 0 Å². The van der Waals surface area contributed by atoms with Gasteiger partial charge >= 0.3 is 10.3 Å². The van der Waals surface area contributed by atoms with Crippen molar-refractivity contribution in [3.05, 3.63) is 35.9 Å². The number of β-lactam (4-membered cyclic amide) rings is 1. The average molecular weight is 284 g/mol. The van der Waals surface area contributed by atoms with Crippen molar-refractivity contribution in [2.45, 2.75) is 12.5 Å². The maximum Gasteiger partial charge on any atom is 0.362 e. The van der Waals surface area contributed by atoms with E-state index in [-0.39, 0.29) is 6.54 Å². The number of nitrogens with one attached hydrogen (secondary N) is 1. The second-order valence-electron chi connectivity index (χ2n) is 4.24. The lowest BCUT2D eigenvalue weighted by atomic mass is 9.83. The highest BCUT2D eigenvalue weighted by Gasteiger charge is 2.58. The van der Waals surface area contributed by atoms with Crippen LogP contribution in [0.4, 0.5) is 0 Å². The Hall–Kier alpha value is -1.93. The van der Waals surface area contributed by atoms with E-state index in [2.05, 4.69) is 5.32 Å². The number of nitrogens with zero attached hydrogens (tertiary/aromatic N) is 1. The average Bonchev–Trinajstić information content (AvgIpc) is 2.32. The molecule has 0 aliphatic carbocycles. The fourth-order valence-corrected chi connectivity index (χ4v) is 2.79. The molecule has 1 atom stereocenters. The number of carbonyl (C=O) groups excluding carboxylic acids is 2. The molecule has 102 valence electrons. The molecule has 2 amide bonds. The minimum Gasteiger partial charge on any atom is -0.337 e. The van der Waals surface area contributed by atoms with E-state index in [1.807, 2.05) is 0 Å². The molecule has 0 radical (unpaired) electrons. The minimum atomic E-state index is -4.60. The first kappa shape index (κ1) is 13.5. The van der Waals surface area contributed by atoms with Crippen LogP contribution in [0.2, 0.25) is 0 Å². The number of benzene rings is 1. The van der Waals surface area contributed by atoms with Crippen LogP contribution in [0.25, 0.3) is 0 Å². The van der Waals surface area contributed by atoms with Gasteiger partial charge in [-0.25, -0.2) is 4.31 Å². The highest BCUT2D eigenvalue weighted by atomic mass is 32.2. The lowest BCUT2D eigenvalue weighted by molar-refractivity contribution is -0.149. The van der Waals surface area contributed by atoms with E-state index in [4.69, 9.17) is 4.55 Å². The standard InChI is InChI=1S/C11H12N2O5S/c1-8(14)12-11(9-5-3-2-4-6-9)7-13(10(11)15)19(16,17)18/h2-6H,7H2,1H3,(H,12,14)(H,16,17,18). The Morgan fingerprint density at radius 3 is 2.37 bits per heavy atom. The quantitative estimate of drug-likeness (QED) is 0.584. The van der Waals surface area contributed by atoms with E-state index < -0.39 is 27.7 Å². The SMILES string of the molecule is CC(=O)NC1(c2ccccc2)CN(S(=O)(=O)O)C1=O. The summed E-state index contributed by atoms with van der Waals surface area (Å²) in [6.07, 6.45) is 0. The molecule has 1 aliphatic heterocycles. The van der Waals surface area contributed by atoms with Gasteiger partial charge in [0.25, 0.3) is 5.91 Å². The molecule has 2 N–H and O–H groups in total. The van der Waals surface area contributed by atoms with Crippen molar-refractivity contribution in [2.24, 2.45) is 0 Å². The predicted molar refractivity (Wildman–Crippen MR) is 65.2 cm³/mol. The van der Waals surface area contributed by atoms with Crippen LogP contribution in [0.1, 0.15) is 12.5 Å². The van der Waals surface area contributed by atoms with Gasteiger partial charge in [0.2, 0.25) is 5.91 Å². The second kappa shape index (κ2) is 4.32. The van der Waals surface area contributed by atoms with Crippen LogP contribution in [0.3, 0.4) is 0 Å². The largest absolute Gasteiger partial charge is 0.362 e. The molecule has 1 saturated heterocycles. The van der Waals surface area contributed by atoms with Gasteiger partial charge in [0.15, 0.2) is 5.54 Å². The Kier molecular flexibility index (Phi) is 3.07. The van der Waals surface area contributed by atoms with Crippen molar-refractivity contribution in [1.82, 2.24) is 9.62 Å². The van der Waals surface area contributed by atoms with Crippen LogP contribution in [-0.4, -0.2) is 35.6 Å². The Morgan fingerprint density at radius 2 is 1.95 bits per heavy atom.